The first kappa shape index (κ1) is 28.3. The molecule has 1 aromatic heterocycles. The Balaban J connectivity index is 1.29. The van der Waals surface area contributed by atoms with E-state index in [1.165, 1.54) is 31.2 Å². The lowest BCUT2D eigenvalue weighted by atomic mass is 9.80. The fourth-order valence-corrected chi connectivity index (χ4v) is 5.68. The van der Waals surface area contributed by atoms with Crippen molar-refractivity contribution in [2.24, 2.45) is 5.92 Å². The van der Waals surface area contributed by atoms with Crippen LogP contribution in [0.4, 0.5) is 0 Å². The normalized spacial score (nSPS) is 14.4. The number of amides is 1. The molecule has 1 amide bonds. The molecule has 0 aliphatic carbocycles. The molecule has 2 N–H and O–H groups in total. The maximum atomic E-state index is 13.4. The van der Waals surface area contributed by atoms with Crippen molar-refractivity contribution in [3.05, 3.63) is 88.5 Å². The smallest absolute Gasteiger partial charge is 0.307 e. The summed E-state index contributed by atoms with van der Waals surface area (Å²) in [5.74, 6) is -1.12. The summed E-state index contributed by atoms with van der Waals surface area (Å²) in [4.78, 5) is 27.4. The van der Waals surface area contributed by atoms with Crippen LogP contribution in [0.1, 0.15) is 84.5 Å². The Morgan fingerprint density at radius 3 is 2.44 bits per heavy atom. The van der Waals surface area contributed by atoms with E-state index in [0.29, 0.717) is 30.8 Å². The van der Waals surface area contributed by atoms with Gasteiger partial charge in [0.1, 0.15) is 16.8 Å². The standard InChI is InChI=1S/C33H38N4O4/c1-3-4-5-6-7-18-41-28-13-10-24(11-14-28)32(38)37-17-16-23-8-9-25(19-27(23)21-37)31(22(2)33(39)40)26-12-15-29-30(20-26)35-36-34-29/h8-15,19-20,22,31H,3-7,16-18,21H2,1-2H3,(H,39,40)(H,34,35,36)/t22-,31+/m1/s1. The molecule has 0 spiro atoms. The number of carboxylic acid groups (broad SMARTS) is 1. The maximum absolute atomic E-state index is 13.4. The lowest BCUT2D eigenvalue weighted by Crippen LogP contribution is -2.36. The number of carbonyl (C=O) groups is 2. The number of carbonyl (C=O) groups excluding carboxylic acids is 1. The Morgan fingerprint density at radius 2 is 1.66 bits per heavy atom. The number of nitrogens with one attached hydrogen (secondary N) is 1. The van der Waals surface area contributed by atoms with Crippen LogP contribution >= 0.6 is 0 Å². The van der Waals surface area contributed by atoms with E-state index in [9.17, 15) is 14.7 Å². The highest BCUT2D eigenvalue weighted by molar-refractivity contribution is 5.94. The maximum Gasteiger partial charge on any atom is 0.307 e. The molecule has 214 valence electrons. The number of hydrogen-bond donors (Lipinski definition) is 2. The summed E-state index contributed by atoms with van der Waals surface area (Å²) in [5.41, 5.74) is 6.09. The Hall–Kier alpha value is -4.20. The van der Waals surface area contributed by atoms with E-state index in [1.807, 2.05) is 53.4 Å². The minimum absolute atomic E-state index is 0.0147. The molecular formula is C33H38N4O4. The zero-order chi connectivity index (χ0) is 28.8. The molecule has 3 aromatic carbocycles. The average Bonchev–Trinajstić information content (AvgIpc) is 3.47. The van der Waals surface area contributed by atoms with E-state index in [4.69, 9.17) is 4.74 Å². The van der Waals surface area contributed by atoms with E-state index in [2.05, 4.69) is 34.5 Å². The van der Waals surface area contributed by atoms with Crippen LogP contribution in [-0.2, 0) is 17.8 Å². The number of benzene rings is 3. The van der Waals surface area contributed by atoms with Crippen molar-refractivity contribution in [2.45, 2.75) is 64.8 Å². The minimum atomic E-state index is -0.867. The molecular weight excluding hydrogens is 516 g/mol. The third-order valence-electron chi connectivity index (χ3n) is 8.10. The first-order valence-electron chi connectivity index (χ1n) is 14.6. The molecule has 0 bridgehead atoms. The molecule has 5 rings (SSSR count). The van der Waals surface area contributed by atoms with Crippen LogP contribution in [0.2, 0.25) is 0 Å². The van der Waals surface area contributed by atoms with E-state index in [0.717, 1.165) is 40.8 Å². The second-order valence-electron chi connectivity index (χ2n) is 11.0. The molecule has 0 saturated heterocycles. The second-order valence-corrected chi connectivity index (χ2v) is 11.0. The molecule has 1 aliphatic rings. The third-order valence-corrected chi connectivity index (χ3v) is 8.10. The van der Waals surface area contributed by atoms with Gasteiger partial charge in [-0.25, -0.2) is 0 Å². The van der Waals surface area contributed by atoms with Crippen molar-refractivity contribution in [1.29, 1.82) is 0 Å². The van der Waals surface area contributed by atoms with E-state index in [1.54, 1.807) is 6.92 Å². The fourth-order valence-electron chi connectivity index (χ4n) is 5.68. The van der Waals surface area contributed by atoms with Gasteiger partial charge in [0.15, 0.2) is 0 Å². The predicted molar refractivity (Wildman–Crippen MR) is 158 cm³/mol. The van der Waals surface area contributed by atoms with E-state index >= 15 is 0 Å². The Kier molecular flexibility index (Phi) is 8.97. The van der Waals surface area contributed by atoms with Gasteiger partial charge in [0.2, 0.25) is 0 Å². The quantitative estimate of drug-likeness (QED) is 0.197. The average molecular weight is 555 g/mol. The van der Waals surface area contributed by atoms with Gasteiger partial charge in [0, 0.05) is 24.6 Å². The molecule has 8 heteroatoms. The summed E-state index contributed by atoms with van der Waals surface area (Å²) >= 11 is 0. The third kappa shape index (κ3) is 6.59. The Morgan fingerprint density at radius 1 is 0.927 bits per heavy atom. The SMILES string of the molecule is CCCCCCCOc1ccc(C(=O)N2CCc3ccc([C@@H](c4ccc5n[nH]nc5c4)[C@@H](C)C(=O)O)cc3C2)cc1. The molecule has 0 saturated carbocycles. The van der Waals surface area contributed by atoms with Crippen molar-refractivity contribution in [3.63, 3.8) is 0 Å². The number of ether oxygens (including phenoxy) is 1. The molecule has 2 heterocycles. The highest BCUT2D eigenvalue weighted by atomic mass is 16.5. The van der Waals surface area contributed by atoms with Gasteiger partial charge in [-0.05, 0) is 71.5 Å². The first-order chi connectivity index (χ1) is 19.9. The number of fused-ring (bicyclic) bond motifs is 2. The summed E-state index contributed by atoms with van der Waals surface area (Å²) < 4.78 is 5.86. The van der Waals surface area contributed by atoms with Gasteiger partial charge < -0.3 is 14.7 Å². The largest absolute Gasteiger partial charge is 0.494 e. The number of aliphatic carboxylic acids is 1. The summed E-state index contributed by atoms with van der Waals surface area (Å²) in [7, 11) is 0. The molecule has 4 aromatic rings. The van der Waals surface area contributed by atoms with Gasteiger partial charge in [-0.3, -0.25) is 9.59 Å². The fraction of sp³-hybridized carbons (Fsp3) is 0.394. The van der Waals surface area contributed by atoms with Gasteiger partial charge >= 0.3 is 5.97 Å². The second kappa shape index (κ2) is 13.0. The van der Waals surface area contributed by atoms with Crippen molar-refractivity contribution >= 4 is 22.9 Å². The number of H-pyrrole nitrogens is 1. The van der Waals surface area contributed by atoms with Crippen LogP contribution in [0.3, 0.4) is 0 Å². The van der Waals surface area contributed by atoms with Crippen LogP contribution in [0.5, 0.6) is 5.75 Å². The van der Waals surface area contributed by atoms with E-state index in [-0.39, 0.29) is 11.8 Å². The zero-order valence-corrected chi connectivity index (χ0v) is 23.8. The van der Waals surface area contributed by atoms with Crippen molar-refractivity contribution in [2.75, 3.05) is 13.2 Å². The number of aromatic amines is 1. The van der Waals surface area contributed by atoms with Crippen molar-refractivity contribution in [3.8, 4) is 5.75 Å². The summed E-state index contributed by atoms with van der Waals surface area (Å²) in [6.45, 7) is 5.75. The van der Waals surface area contributed by atoms with E-state index < -0.39 is 11.9 Å². The number of nitrogens with zero attached hydrogens (tertiary/aromatic N) is 3. The van der Waals surface area contributed by atoms with Crippen LogP contribution in [-0.4, -0.2) is 50.4 Å². The molecule has 2 atom stereocenters. The van der Waals surface area contributed by atoms with Crippen molar-refractivity contribution in [1.82, 2.24) is 20.3 Å². The molecule has 0 radical (unpaired) electrons. The van der Waals surface area contributed by atoms with Gasteiger partial charge in [-0.1, -0.05) is 63.8 Å². The molecule has 0 fully saturated rings. The molecule has 41 heavy (non-hydrogen) atoms. The first-order valence-corrected chi connectivity index (χ1v) is 14.6. The number of unbranched alkanes of at least 4 members (excludes halogenated alkanes) is 4. The molecule has 0 unspecified atom stereocenters. The number of hydrogen-bond acceptors (Lipinski definition) is 5. The van der Waals surface area contributed by atoms with Gasteiger partial charge in [0.25, 0.3) is 5.91 Å². The minimum Gasteiger partial charge on any atom is -0.494 e. The van der Waals surface area contributed by atoms with Gasteiger partial charge in [0.05, 0.1) is 12.5 Å². The van der Waals surface area contributed by atoms with Crippen LogP contribution in [0.25, 0.3) is 11.0 Å². The number of carboxylic acids is 1. The Bertz CT molecular complexity index is 1500. The Labute approximate surface area is 240 Å². The number of aromatic nitrogens is 3. The lowest BCUT2D eigenvalue weighted by Gasteiger charge is -2.30. The van der Waals surface area contributed by atoms with Crippen LogP contribution in [0.15, 0.2) is 60.7 Å². The lowest BCUT2D eigenvalue weighted by molar-refractivity contribution is -0.141. The molecule has 1 aliphatic heterocycles. The monoisotopic (exact) mass is 554 g/mol. The predicted octanol–water partition coefficient (Wildman–Crippen LogP) is 6.36. The highest BCUT2D eigenvalue weighted by Gasteiger charge is 2.29. The summed E-state index contributed by atoms with van der Waals surface area (Å²) in [5, 5.41) is 20.9. The van der Waals surface area contributed by atoms with Gasteiger partial charge in [-0.15, -0.1) is 0 Å². The topological polar surface area (TPSA) is 108 Å². The summed E-state index contributed by atoms with van der Waals surface area (Å²) in [6, 6.07) is 19.3. The van der Waals surface area contributed by atoms with Crippen LogP contribution < -0.4 is 4.74 Å². The van der Waals surface area contributed by atoms with Crippen molar-refractivity contribution < 1.29 is 19.4 Å². The summed E-state index contributed by atoms with van der Waals surface area (Å²) in [6.07, 6.45) is 6.70. The number of rotatable bonds is 12. The molecule has 8 nitrogen and oxygen atoms in total. The zero-order valence-electron chi connectivity index (χ0n) is 23.8. The highest BCUT2D eigenvalue weighted by Crippen LogP contribution is 2.35. The van der Waals surface area contributed by atoms with Gasteiger partial charge in [-0.2, -0.15) is 15.4 Å². The van der Waals surface area contributed by atoms with Crippen LogP contribution in [0, 0.1) is 5.92 Å².